The summed E-state index contributed by atoms with van der Waals surface area (Å²) in [7, 11) is 1.59. The molecule has 1 N–H and O–H groups in total. The van der Waals surface area contributed by atoms with E-state index in [-0.39, 0.29) is 42.8 Å². The Morgan fingerprint density at radius 3 is 2.43 bits per heavy atom. The van der Waals surface area contributed by atoms with Gasteiger partial charge in [0.05, 0.1) is 12.7 Å². The minimum Gasteiger partial charge on any atom is -0.318 e. The van der Waals surface area contributed by atoms with Crippen LogP contribution in [0.2, 0.25) is 0 Å². The van der Waals surface area contributed by atoms with Gasteiger partial charge in [-0.25, -0.2) is 9.48 Å². The largest absolute Gasteiger partial charge is 0.326 e. The Balaban J connectivity index is 1.52. The van der Waals surface area contributed by atoms with Crippen LogP contribution in [0, 0.1) is 0 Å². The summed E-state index contributed by atoms with van der Waals surface area (Å²) in [5.74, 6) is 0.221. The minimum atomic E-state index is -0.309. The van der Waals surface area contributed by atoms with Gasteiger partial charge in [0.15, 0.2) is 0 Å². The molecule has 0 unspecified atom stereocenters. The first-order valence-corrected chi connectivity index (χ1v) is 10.1. The van der Waals surface area contributed by atoms with Gasteiger partial charge in [0.1, 0.15) is 12.4 Å². The Morgan fingerprint density at radius 1 is 1.13 bits per heavy atom. The van der Waals surface area contributed by atoms with Crippen molar-refractivity contribution in [2.24, 2.45) is 0 Å². The van der Waals surface area contributed by atoms with E-state index in [1.54, 1.807) is 24.0 Å². The highest BCUT2D eigenvalue weighted by molar-refractivity contribution is 6.01. The predicted molar refractivity (Wildman–Crippen MR) is 114 cm³/mol. The first-order chi connectivity index (χ1) is 14.1. The lowest BCUT2D eigenvalue weighted by molar-refractivity contribution is -0.125. The first-order valence-electron chi connectivity index (χ1n) is 10.1. The van der Waals surface area contributed by atoms with Gasteiger partial charge in [-0.1, -0.05) is 45.0 Å². The molecule has 0 saturated carbocycles. The normalized spacial score (nSPS) is 14.5. The summed E-state index contributed by atoms with van der Waals surface area (Å²) in [6.07, 6.45) is 2.28. The molecular formula is C22H29N5O3. The van der Waals surface area contributed by atoms with E-state index in [1.807, 2.05) is 0 Å². The number of rotatable bonds is 7. The van der Waals surface area contributed by atoms with Gasteiger partial charge in [-0.05, 0) is 23.0 Å². The van der Waals surface area contributed by atoms with E-state index in [0.717, 1.165) is 5.56 Å². The average Bonchev–Trinajstić information content (AvgIpc) is 3.20. The molecule has 30 heavy (non-hydrogen) atoms. The SMILES string of the molecule is CN1CC(=O)N(CCCC(=O)Nc2ccnn2Cc2ccc(C(C)(C)C)cc2)C1=O. The van der Waals surface area contributed by atoms with E-state index in [0.29, 0.717) is 18.8 Å². The molecule has 160 valence electrons. The van der Waals surface area contributed by atoms with Crippen LogP contribution in [0.15, 0.2) is 36.5 Å². The van der Waals surface area contributed by atoms with Crippen LogP contribution in [0.25, 0.3) is 0 Å². The third kappa shape index (κ3) is 5.06. The maximum atomic E-state index is 12.3. The smallest absolute Gasteiger partial charge is 0.318 e. The monoisotopic (exact) mass is 411 g/mol. The van der Waals surface area contributed by atoms with E-state index < -0.39 is 0 Å². The number of nitrogens with one attached hydrogen (secondary N) is 1. The zero-order valence-electron chi connectivity index (χ0n) is 18.0. The zero-order chi connectivity index (χ0) is 21.9. The molecular weight excluding hydrogens is 382 g/mol. The second-order valence-electron chi connectivity index (χ2n) is 8.66. The van der Waals surface area contributed by atoms with E-state index in [4.69, 9.17) is 0 Å². The second-order valence-corrected chi connectivity index (χ2v) is 8.66. The molecule has 0 radical (unpaired) electrons. The van der Waals surface area contributed by atoms with Crippen LogP contribution in [0.4, 0.5) is 10.6 Å². The van der Waals surface area contributed by atoms with Gasteiger partial charge in [-0.3, -0.25) is 14.5 Å². The quantitative estimate of drug-likeness (QED) is 0.710. The van der Waals surface area contributed by atoms with Gasteiger partial charge in [0.2, 0.25) is 11.8 Å². The van der Waals surface area contributed by atoms with Gasteiger partial charge >= 0.3 is 6.03 Å². The number of amides is 4. The topological polar surface area (TPSA) is 87.5 Å². The molecule has 1 aliphatic rings. The van der Waals surface area contributed by atoms with Gasteiger partial charge in [0, 0.05) is 26.1 Å². The van der Waals surface area contributed by atoms with E-state index in [1.165, 1.54) is 15.4 Å². The minimum absolute atomic E-state index is 0.0982. The van der Waals surface area contributed by atoms with Crippen molar-refractivity contribution in [3.8, 4) is 0 Å². The Hall–Kier alpha value is -3.16. The molecule has 1 saturated heterocycles. The standard InChI is InChI=1S/C22H29N5O3/c1-22(2,3)17-9-7-16(8-10-17)14-27-18(11-12-23-27)24-19(28)6-5-13-26-20(29)15-25(4)21(26)30/h7-12H,5-6,13-15H2,1-4H3,(H,24,28). The number of benzene rings is 1. The van der Waals surface area contributed by atoms with Crippen LogP contribution in [-0.4, -0.2) is 57.6 Å². The number of hydrogen-bond donors (Lipinski definition) is 1. The van der Waals surface area contributed by atoms with Crippen molar-refractivity contribution in [1.82, 2.24) is 19.6 Å². The molecule has 1 aromatic heterocycles. The summed E-state index contributed by atoms with van der Waals surface area (Å²) >= 11 is 0. The van der Waals surface area contributed by atoms with Crippen LogP contribution < -0.4 is 5.32 Å². The average molecular weight is 412 g/mol. The second kappa shape index (κ2) is 8.69. The summed E-state index contributed by atoms with van der Waals surface area (Å²) in [5, 5.41) is 7.17. The number of carbonyl (C=O) groups is 3. The fraction of sp³-hybridized carbons (Fsp3) is 0.455. The molecule has 0 bridgehead atoms. The number of hydrogen-bond acceptors (Lipinski definition) is 4. The third-order valence-corrected chi connectivity index (χ3v) is 5.15. The maximum Gasteiger partial charge on any atom is 0.326 e. The molecule has 0 atom stereocenters. The highest BCUT2D eigenvalue weighted by atomic mass is 16.2. The highest BCUT2D eigenvalue weighted by Gasteiger charge is 2.32. The van der Waals surface area contributed by atoms with Crippen molar-refractivity contribution in [2.45, 2.75) is 45.6 Å². The molecule has 4 amide bonds. The first kappa shape index (κ1) is 21.5. The fourth-order valence-corrected chi connectivity index (χ4v) is 3.34. The summed E-state index contributed by atoms with van der Waals surface area (Å²) in [6, 6.07) is 9.84. The molecule has 0 spiro atoms. The third-order valence-electron chi connectivity index (χ3n) is 5.15. The lowest BCUT2D eigenvalue weighted by Crippen LogP contribution is -2.33. The number of nitrogens with zero attached hydrogens (tertiary/aromatic N) is 4. The Morgan fingerprint density at radius 2 is 1.83 bits per heavy atom. The summed E-state index contributed by atoms with van der Waals surface area (Å²) in [6.45, 7) is 7.43. The zero-order valence-corrected chi connectivity index (χ0v) is 18.0. The van der Waals surface area contributed by atoms with Crippen LogP contribution in [0.3, 0.4) is 0 Å². The van der Waals surface area contributed by atoms with Gasteiger partial charge in [0.25, 0.3) is 0 Å². The predicted octanol–water partition coefficient (Wildman–Crippen LogP) is 2.84. The van der Waals surface area contributed by atoms with E-state index in [9.17, 15) is 14.4 Å². The van der Waals surface area contributed by atoms with Crippen molar-refractivity contribution in [2.75, 3.05) is 25.5 Å². The Bertz CT molecular complexity index is 927. The van der Waals surface area contributed by atoms with E-state index in [2.05, 4.69) is 55.5 Å². The number of likely N-dealkylation sites (N-methyl/N-ethyl adjacent to an activating group) is 1. The van der Waals surface area contributed by atoms with Crippen LogP contribution in [-0.2, 0) is 21.5 Å². The van der Waals surface area contributed by atoms with Crippen LogP contribution >= 0.6 is 0 Å². The number of anilines is 1. The van der Waals surface area contributed by atoms with Gasteiger partial charge < -0.3 is 10.2 Å². The van der Waals surface area contributed by atoms with Gasteiger partial charge in [-0.2, -0.15) is 5.10 Å². The van der Waals surface area contributed by atoms with Gasteiger partial charge in [-0.15, -0.1) is 0 Å². The molecule has 2 aromatic rings. The van der Waals surface area contributed by atoms with Crippen molar-refractivity contribution in [1.29, 1.82) is 0 Å². The van der Waals surface area contributed by atoms with Crippen molar-refractivity contribution < 1.29 is 14.4 Å². The van der Waals surface area contributed by atoms with E-state index >= 15 is 0 Å². The number of urea groups is 1. The maximum absolute atomic E-state index is 12.3. The Kier molecular flexibility index (Phi) is 6.24. The van der Waals surface area contributed by atoms with Crippen molar-refractivity contribution >= 4 is 23.7 Å². The van der Waals surface area contributed by atoms with Crippen molar-refractivity contribution in [3.63, 3.8) is 0 Å². The molecule has 1 aliphatic heterocycles. The number of carbonyl (C=O) groups excluding carboxylic acids is 3. The highest BCUT2D eigenvalue weighted by Crippen LogP contribution is 2.22. The molecule has 1 fully saturated rings. The van der Waals surface area contributed by atoms with Crippen LogP contribution in [0.5, 0.6) is 0 Å². The molecule has 0 aliphatic carbocycles. The number of imide groups is 1. The lowest BCUT2D eigenvalue weighted by Gasteiger charge is -2.19. The molecule has 3 rings (SSSR count). The summed E-state index contributed by atoms with van der Waals surface area (Å²) < 4.78 is 1.74. The lowest BCUT2D eigenvalue weighted by atomic mass is 9.87. The van der Waals surface area contributed by atoms with Crippen LogP contribution in [0.1, 0.15) is 44.7 Å². The fourth-order valence-electron chi connectivity index (χ4n) is 3.34. The molecule has 8 heteroatoms. The molecule has 2 heterocycles. The Labute approximate surface area is 176 Å². The summed E-state index contributed by atoms with van der Waals surface area (Å²) in [4.78, 5) is 38.5. The molecule has 8 nitrogen and oxygen atoms in total. The molecule has 1 aromatic carbocycles. The summed E-state index contributed by atoms with van der Waals surface area (Å²) in [5.41, 5.74) is 2.46. The number of aromatic nitrogens is 2. The van der Waals surface area contributed by atoms with Crippen molar-refractivity contribution in [3.05, 3.63) is 47.7 Å².